The molecule has 0 unspecified atom stereocenters. The quantitative estimate of drug-likeness (QED) is 0.141. The third-order valence-corrected chi connectivity index (χ3v) is 5.29. The van der Waals surface area contributed by atoms with Gasteiger partial charge in [-0.25, -0.2) is 9.59 Å². The van der Waals surface area contributed by atoms with Crippen molar-refractivity contribution < 1.29 is 33.6 Å². The first-order valence-corrected chi connectivity index (χ1v) is 11.7. The molecule has 0 aromatic heterocycles. The minimum Gasteiger partial charge on any atom is -0.490 e. The van der Waals surface area contributed by atoms with Gasteiger partial charge in [-0.15, -0.1) is 0 Å². The first-order chi connectivity index (χ1) is 18.4. The molecule has 0 aliphatic carbocycles. The summed E-state index contributed by atoms with van der Waals surface area (Å²) >= 11 is 0. The van der Waals surface area contributed by atoms with Crippen LogP contribution in [0.1, 0.15) is 31.0 Å². The molecule has 0 spiro atoms. The molecule has 4 N–H and O–H groups in total. The van der Waals surface area contributed by atoms with E-state index in [1.54, 1.807) is 56.3 Å². The lowest BCUT2D eigenvalue weighted by Crippen LogP contribution is -2.45. The van der Waals surface area contributed by atoms with Gasteiger partial charge in [-0.2, -0.15) is 10.4 Å². The molecule has 2 aromatic rings. The second-order valence-electron chi connectivity index (χ2n) is 7.93. The molecule has 0 fully saturated rings. The monoisotopic (exact) mass is 523 g/mol. The highest BCUT2D eigenvalue weighted by Crippen LogP contribution is 2.34. The highest BCUT2D eigenvalue weighted by Gasteiger charge is 2.32. The van der Waals surface area contributed by atoms with Crippen molar-refractivity contribution in [3.05, 3.63) is 64.9 Å². The number of ether oxygens (including phenoxy) is 4. The Hall–Kier alpha value is -4.76. The fourth-order valence-electron chi connectivity index (χ4n) is 3.59. The van der Waals surface area contributed by atoms with Crippen LogP contribution < -0.4 is 30.3 Å². The molecule has 0 saturated heterocycles. The summed E-state index contributed by atoms with van der Waals surface area (Å²) in [4.78, 5) is 24.4. The molecule has 2 aromatic carbocycles. The predicted octanol–water partition coefficient (Wildman–Crippen LogP) is 2.11. The molecule has 12 heteroatoms. The van der Waals surface area contributed by atoms with Crippen LogP contribution in [0.5, 0.6) is 17.2 Å². The van der Waals surface area contributed by atoms with Gasteiger partial charge in [-0.05, 0) is 61.4 Å². The number of hydrogen-bond acceptors (Lipinski definition) is 10. The van der Waals surface area contributed by atoms with Crippen LogP contribution in [0, 0.1) is 11.3 Å². The lowest BCUT2D eigenvalue weighted by Gasteiger charge is -2.28. The summed E-state index contributed by atoms with van der Waals surface area (Å²) in [5, 5.41) is 28.1. The van der Waals surface area contributed by atoms with Crippen LogP contribution in [-0.4, -0.2) is 56.5 Å². The number of aliphatic hydroxyl groups is 1. The fraction of sp³-hybridized carbons (Fsp3) is 0.308. The van der Waals surface area contributed by atoms with E-state index in [0.29, 0.717) is 35.1 Å². The summed E-state index contributed by atoms with van der Waals surface area (Å²) in [5.41, 5.74) is 4.57. The van der Waals surface area contributed by atoms with Crippen molar-refractivity contribution in [1.82, 2.24) is 16.1 Å². The number of carbonyl (C=O) groups is 2. The van der Waals surface area contributed by atoms with E-state index >= 15 is 0 Å². The Kier molecular flexibility index (Phi) is 9.90. The molecule has 3 rings (SSSR count). The molecular weight excluding hydrogens is 494 g/mol. The number of methoxy groups -OCH3 is 1. The van der Waals surface area contributed by atoms with Gasteiger partial charge < -0.3 is 34.7 Å². The zero-order chi connectivity index (χ0) is 27.5. The second kappa shape index (κ2) is 13.5. The van der Waals surface area contributed by atoms with E-state index in [0.717, 1.165) is 5.56 Å². The van der Waals surface area contributed by atoms with Gasteiger partial charge >= 0.3 is 12.0 Å². The largest absolute Gasteiger partial charge is 0.490 e. The van der Waals surface area contributed by atoms with Crippen LogP contribution in [0.2, 0.25) is 0 Å². The molecule has 2 amide bonds. The number of nitrogens with zero attached hydrogens (tertiary/aromatic N) is 2. The number of aliphatic hydroxyl groups excluding tert-OH is 1. The Bertz CT molecular complexity index is 1240. The molecule has 0 radical (unpaired) electrons. The highest BCUT2D eigenvalue weighted by molar-refractivity contribution is 5.95. The number of rotatable bonds is 12. The maximum Gasteiger partial charge on any atom is 0.337 e. The van der Waals surface area contributed by atoms with Crippen molar-refractivity contribution in [2.75, 3.05) is 26.9 Å². The summed E-state index contributed by atoms with van der Waals surface area (Å²) in [6.07, 6.45) is 0.387. The van der Waals surface area contributed by atoms with Crippen LogP contribution >= 0.6 is 0 Å². The molecule has 0 bridgehead atoms. The smallest absolute Gasteiger partial charge is 0.337 e. The number of benzene rings is 2. The first-order valence-electron chi connectivity index (χ1n) is 11.7. The summed E-state index contributed by atoms with van der Waals surface area (Å²) in [5.74, 6) is 0.718. The van der Waals surface area contributed by atoms with Crippen LogP contribution in [0.25, 0.3) is 0 Å². The number of nitrogens with one attached hydrogen (secondary N) is 3. The maximum atomic E-state index is 12.4. The molecule has 1 heterocycles. The second-order valence-corrected chi connectivity index (χ2v) is 7.93. The normalized spacial score (nSPS) is 15.7. The summed E-state index contributed by atoms with van der Waals surface area (Å²) in [6, 6.07) is 12.6. The van der Waals surface area contributed by atoms with E-state index in [4.69, 9.17) is 24.2 Å². The van der Waals surface area contributed by atoms with Crippen molar-refractivity contribution >= 4 is 18.2 Å². The molecule has 1 aliphatic heterocycles. The lowest BCUT2D eigenvalue weighted by atomic mass is 9.95. The van der Waals surface area contributed by atoms with Crippen LogP contribution in [0.15, 0.2) is 58.8 Å². The summed E-state index contributed by atoms with van der Waals surface area (Å²) < 4.78 is 21.5. The molecule has 38 heavy (non-hydrogen) atoms. The van der Waals surface area contributed by atoms with Gasteiger partial charge in [-0.3, -0.25) is 5.43 Å². The zero-order valence-electron chi connectivity index (χ0n) is 21.2. The van der Waals surface area contributed by atoms with E-state index < -0.39 is 24.3 Å². The SMILES string of the molecule is CCOc1cc([C@H]2NC(=O)NC(C)=C2C(=O)OC)ccc1OC[C@H](O)N/N=C\c1ccc(OCC#N)cc1. The van der Waals surface area contributed by atoms with E-state index in [-0.39, 0.29) is 18.8 Å². The molecule has 2 atom stereocenters. The topological polar surface area (TPSA) is 164 Å². The van der Waals surface area contributed by atoms with E-state index in [2.05, 4.69) is 21.2 Å². The van der Waals surface area contributed by atoms with E-state index in [1.807, 2.05) is 6.07 Å². The van der Waals surface area contributed by atoms with Gasteiger partial charge in [-0.1, -0.05) is 6.07 Å². The van der Waals surface area contributed by atoms with Gasteiger partial charge in [0.15, 0.2) is 24.3 Å². The number of urea groups is 1. The third kappa shape index (κ3) is 7.37. The number of hydrogen-bond donors (Lipinski definition) is 4. The molecule has 1 aliphatic rings. The van der Waals surface area contributed by atoms with Crippen molar-refractivity contribution in [2.45, 2.75) is 26.1 Å². The third-order valence-electron chi connectivity index (χ3n) is 5.29. The maximum absolute atomic E-state index is 12.4. The van der Waals surface area contributed by atoms with E-state index in [1.165, 1.54) is 13.3 Å². The fourth-order valence-corrected chi connectivity index (χ4v) is 3.59. The molecule has 0 saturated carbocycles. The number of hydrazone groups is 1. The molecular formula is C26H29N5O7. The lowest BCUT2D eigenvalue weighted by molar-refractivity contribution is -0.136. The van der Waals surface area contributed by atoms with Gasteiger partial charge in [0.1, 0.15) is 18.4 Å². The van der Waals surface area contributed by atoms with Crippen molar-refractivity contribution in [3.8, 4) is 23.3 Å². The predicted molar refractivity (Wildman–Crippen MR) is 137 cm³/mol. The van der Waals surface area contributed by atoms with Gasteiger partial charge in [0.05, 0.1) is 31.5 Å². The van der Waals surface area contributed by atoms with Gasteiger partial charge in [0.25, 0.3) is 0 Å². The highest BCUT2D eigenvalue weighted by atomic mass is 16.5. The number of esters is 1. The van der Waals surface area contributed by atoms with Crippen molar-refractivity contribution in [2.24, 2.45) is 5.10 Å². The Balaban J connectivity index is 1.65. The summed E-state index contributed by atoms with van der Waals surface area (Å²) in [7, 11) is 1.27. The first kappa shape index (κ1) is 27.8. The summed E-state index contributed by atoms with van der Waals surface area (Å²) in [6.45, 7) is 3.59. The number of allylic oxidation sites excluding steroid dienone is 1. The minimum atomic E-state index is -1.13. The number of carbonyl (C=O) groups excluding carboxylic acids is 2. The van der Waals surface area contributed by atoms with E-state index in [9.17, 15) is 14.7 Å². The minimum absolute atomic E-state index is 0.0329. The molecule has 200 valence electrons. The van der Waals surface area contributed by atoms with Crippen LogP contribution in [0.4, 0.5) is 4.79 Å². The molecule has 12 nitrogen and oxygen atoms in total. The van der Waals surface area contributed by atoms with Crippen molar-refractivity contribution in [3.63, 3.8) is 0 Å². The Morgan fingerprint density at radius 3 is 2.66 bits per heavy atom. The van der Waals surface area contributed by atoms with Gasteiger partial charge in [0.2, 0.25) is 0 Å². The number of nitriles is 1. The van der Waals surface area contributed by atoms with Crippen molar-refractivity contribution in [1.29, 1.82) is 5.26 Å². The standard InChI is InChI=1S/C26H29N5O7/c1-4-36-21-13-18(24-23(25(33)35-3)16(2)29-26(34)30-24)7-10-20(21)38-15-22(32)31-28-14-17-5-8-19(9-6-17)37-12-11-27/h5-10,13-14,22,24,31-32H,4,12,15H2,1-3H3,(H2,29,30,34)/b28-14-/t22-,24+/m0/s1. The van der Waals surface area contributed by atoms with Crippen LogP contribution in [-0.2, 0) is 9.53 Å². The van der Waals surface area contributed by atoms with Gasteiger partial charge in [0, 0.05) is 5.70 Å². The Labute approximate surface area is 219 Å². The Morgan fingerprint density at radius 1 is 1.21 bits per heavy atom. The zero-order valence-corrected chi connectivity index (χ0v) is 21.2. The Morgan fingerprint density at radius 2 is 1.97 bits per heavy atom. The van der Waals surface area contributed by atoms with Crippen LogP contribution in [0.3, 0.4) is 0 Å². The average Bonchev–Trinajstić information content (AvgIpc) is 2.91. The average molecular weight is 524 g/mol. The number of amides is 2.